The topological polar surface area (TPSA) is 71.8 Å². The van der Waals surface area contributed by atoms with Gasteiger partial charge in [-0.1, -0.05) is 6.07 Å². The first-order valence-corrected chi connectivity index (χ1v) is 5.57. The Bertz CT molecular complexity index is 609. The quantitative estimate of drug-likeness (QED) is 0.853. The van der Waals surface area contributed by atoms with E-state index in [0.29, 0.717) is 16.9 Å². The molecule has 0 spiro atoms. The molecule has 2 rings (SSSR count). The second-order valence-electron chi connectivity index (χ2n) is 3.70. The van der Waals surface area contributed by atoms with Crippen LogP contribution in [0, 0.1) is 0 Å². The minimum Gasteiger partial charge on any atom is -0.504 e. The van der Waals surface area contributed by atoms with Crippen LogP contribution in [0.15, 0.2) is 47.7 Å². The van der Waals surface area contributed by atoms with Crippen LogP contribution in [0.4, 0.5) is 0 Å². The molecule has 0 aliphatic heterocycles. The molecule has 19 heavy (non-hydrogen) atoms. The van der Waals surface area contributed by atoms with Crippen LogP contribution in [0.1, 0.15) is 15.9 Å². The molecule has 0 aliphatic rings. The van der Waals surface area contributed by atoms with E-state index >= 15 is 0 Å². The van der Waals surface area contributed by atoms with Crippen molar-refractivity contribution in [2.45, 2.75) is 0 Å². The standard InChI is InChI=1S/C14H12N2O3/c1-19-12-6-2-4-10(13(12)17)9-16-14(18)11-5-3-7-15-8-11/h2-9,17H,1H3. The highest BCUT2D eigenvalue weighted by Crippen LogP contribution is 2.28. The highest BCUT2D eigenvalue weighted by Gasteiger charge is 2.06. The van der Waals surface area contributed by atoms with Gasteiger partial charge in [-0.15, -0.1) is 0 Å². The number of aromatic hydroxyl groups is 1. The zero-order valence-electron chi connectivity index (χ0n) is 10.3. The second-order valence-corrected chi connectivity index (χ2v) is 3.70. The van der Waals surface area contributed by atoms with Crippen molar-refractivity contribution in [1.82, 2.24) is 4.98 Å². The fourth-order valence-electron chi connectivity index (χ4n) is 1.50. The summed E-state index contributed by atoms with van der Waals surface area (Å²) in [5.41, 5.74) is 0.803. The van der Waals surface area contributed by atoms with E-state index in [1.807, 2.05) is 0 Å². The van der Waals surface area contributed by atoms with E-state index < -0.39 is 5.91 Å². The summed E-state index contributed by atoms with van der Waals surface area (Å²) >= 11 is 0. The van der Waals surface area contributed by atoms with Gasteiger partial charge in [-0.05, 0) is 24.3 Å². The van der Waals surface area contributed by atoms with Gasteiger partial charge >= 0.3 is 0 Å². The number of benzene rings is 1. The molecule has 0 bridgehead atoms. The molecule has 1 heterocycles. The van der Waals surface area contributed by atoms with Gasteiger partial charge in [-0.25, -0.2) is 4.99 Å². The van der Waals surface area contributed by atoms with E-state index in [0.717, 1.165) is 0 Å². The van der Waals surface area contributed by atoms with Gasteiger partial charge in [0, 0.05) is 24.2 Å². The molecule has 5 nitrogen and oxygen atoms in total. The van der Waals surface area contributed by atoms with Crippen molar-refractivity contribution in [3.05, 3.63) is 53.9 Å². The molecule has 0 saturated heterocycles. The Kier molecular flexibility index (Phi) is 3.87. The Morgan fingerprint density at radius 1 is 1.37 bits per heavy atom. The highest BCUT2D eigenvalue weighted by atomic mass is 16.5. The van der Waals surface area contributed by atoms with Crippen LogP contribution < -0.4 is 4.74 Å². The first-order valence-electron chi connectivity index (χ1n) is 5.57. The molecule has 1 aromatic heterocycles. The summed E-state index contributed by atoms with van der Waals surface area (Å²) in [5, 5.41) is 9.83. The van der Waals surface area contributed by atoms with Crippen molar-refractivity contribution in [1.29, 1.82) is 0 Å². The lowest BCUT2D eigenvalue weighted by Crippen LogP contribution is -1.96. The monoisotopic (exact) mass is 256 g/mol. The van der Waals surface area contributed by atoms with Crippen molar-refractivity contribution in [3.8, 4) is 11.5 Å². The predicted octanol–water partition coefficient (Wildman–Crippen LogP) is 2.06. The fraction of sp³-hybridized carbons (Fsp3) is 0.0714. The van der Waals surface area contributed by atoms with E-state index in [2.05, 4.69) is 9.98 Å². The number of phenolic OH excluding ortho intramolecular Hbond substituents is 1. The third-order valence-electron chi connectivity index (χ3n) is 2.48. The highest BCUT2D eigenvalue weighted by molar-refractivity contribution is 6.02. The van der Waals surface area contributed by atoms with E-state index in [1.165, 1.54) is 19.5 Å². The van der Waals surface area contributed by atoms with Crippen molar-refractivity contribution < 1.29 is 14.6 Å². The number of hydrogen-bond donors (Lipinski definition) is 1. The SMILES string of the molecule is COc1cccc(C=NC(=O)c2cccnc2)c1O. The van der Waals surface area contributed by atoms with Gasteiger partial charge < -0.3 is 9.84 Å². The molecule has 1 amide bonds. The first-order chi connectivity index (χ1) is 9.22. The van der Waals surface area contributed by atoms with Gasteiger partial charge in [-0.2, -0.15) is 0 Å². The summed E-state index contributed by atoms with van der Waals surface area (Å²) in [5.74, 6) is -0.138. The van der Waals surface area contributed by atoms with Crippen molar-refractivity contribution in [2.75, 3.05) is 7.11 Å². The zero-order chi connectivity index (χ0) is 13.7. The second kappa shape index (κ2) is 5.77. The Morgan fingerprint density at radius 3 is 2.89 bits per heavy atom. The molecule has 2 aromatic rings. The lowest BCUT2D eigenvalue weighted by Gasteiger charge is -2.04. The third-order valence-corrected chi connectivity index (χ3v) is 2.48. The number of carbonyl (C=O) groups excluding carboxylic acids is 1. The van der Waals surface area contributed by atoms with Crippen LogP contribution >= 0.6 is 0 Å². The maximum atomic E-state index is 11.7. The third kappa shape index (κ3) is 2.95. The van der Waals surface area contributed by atoms with Crippen molar-refractivity contribution in [3.63, 3.8) is 0 Å². The molecule has 0 aliphatic carbocycles. The molecule has 0 radical (unpaired) electrons. The first kappa shape index (κ1) is 12.8. The number of carbonyl (C=O) groups is 1. The number of rotatable bonds is 3. The molecular weight excluding hydrogens is 244 g/mol. The number of nitrogens with zero attached hydrogens (tertiary/aromatic N) is 2. The molecule has 1 aromatic carbocycles. The summed E-state index contributed by atoms with van der Waals surface area (Å²) in [6, 6.07) is 8.24. The minimum absolute atomic E-state index is 0.0484. The number of para-hydroxylation sites is 1. The Balaban J connectivity index is 2.22. The van der Waals surface area contributed by atoms with Crippen LogP contribution in [-0.2, 0) is 0 Å². The molecule has 96 valence electrons. The van der Waals surface area contributed by atoms with Gasteiger partial charge in [0.15, 0.2) is 11.5 Å². The van der Waals surface area contributed by atoms with E-state index in [9.17, 15) is 9.90 Å². The summed E-state index contributed by atoms with van der Waals surface area (Å²) < 4.78 is 4.97. The van der Waals surface area contributed by atoms with E-state index in [4.69, 9.17) is 4.74 Å². The Morgan fingerprint density at radius 2 is 2.21 bits per heavy atom. The molecule has 0 unspecified atom stereocenters. The summed E-state index contributed by atoms with van der Waals surface area (Å²) in [7, 11) is 1.46. The fourth-order valence-corrected chi connectivity index (χ4v) is 1.50. The van der Waals surface area contributed by atoms with E-state index in [1.54, 1.807) is 36.5 Å². The molecular formula is C14H12N2O3. The lowest BCUT2D eigenvalue weighted by atomic mass is 10.2. The molecule has 1 N–H and O–H groups in total. The maximum absolute atomic E-state index is 11.7. The minimum atomic E-state index is -0.421. The van der Waals surface area contributed by atoms with Crippen molar-refractivity contribution >= 4 is 12.1 Å². The van der Waals surface area contributed by atoms with Crippen LogP contribution in [0.25, 0.3) is 0 Å². The Hall–Kier alpha value is -2.69. The Labute approximate surface area is 110 Å². The predicted molar refractivity (Wildman–Crippen MR) is 70.8 cm³/mol. The van der Waals surface area contributed by atoms with Crippen LogP contribution in [0.5, 0.6) is 11.5 Å². The molecule has 5 heteroatoms. The summed E-state index contributed by atoms with van der Waals surface area (Å²) in [4.78, 5) is 19.4. The smallest absolute Gasteiger partial charge is 0.278 e. The largest absolute Gasteiger partial charge is 0.504 e. The van der Waals surface area contributed by atoms with Crippen molar-refractivity contribution in [2.24, 2.45) is 4.99 Å². The summed E-state index contributed by atoms with van der Waals surface area (Å²) in [6.07, 6.45) is 4.31. The van der Waals surface area contributed by atoms with Crippen LogP contribution in [0.2, 0.25) is 0 Å². The van der Waals surface area contributed by atoms with Gasteiger partial charge in [0.2, 0.25) is 0 Å². The van der Waals surface area contributed by atoms with Gasteiger partial charge in [-0.3, -0.25) is 9.78 Å². The number of amides is 1. The number of aromatic nitrogens is 1. The van der Waals surface area contributed by atoms with Crippen LogP contribution in [0.3, 0.4) is 0 Å². The summed E-state index contributed by atoms with van der Waals surface area (Å²) in [6.45, 7) is 0. The number of hydrogen-bond acceptors (Lipinski definition) is 4. The van der Waals surface area contributed by atoms with Gasteiger partial charge in [0.05, 0.1) is 12.7 Å². The normalized spacial score (nSPS) is 10.6. The average molecular weight is 256 g/mol. The number of pyridine rings is 1. The maximum Gasteiger partial charge on any atom is 0.278 e. The lowest BCUT2D eigenvalue weighted by molar-refractivity contribution is 0.100. The molecule has 0 atom stereocenters. The zero-order valence-corrected chi connectivity index (χ0v) is 10.3. The molecule has 0 fully saturated rings. The number of aliphatic imine (C=N–C) groups is 1. The number of ether oxygens (including phenoxy) is 1. The number of methoxy groups -OCH3 is 1. The number of phenols is 1. The van der Waals surface area contributed by atoms with Gasteiger partial charge in [0.1, 0.15) is 0 Å². The molecule has 0 saturated carbocycles. The van der Waals surface area contributed by atoms with Gasteiger partial charge in [0.25, 0.3) is 5.91 Å². The average Bonchev–Trinajstić information content (AvgIpc) is 2.47. The van der Waals surface area contributed by atoms with Crippen LogP contribution in [-0.4, -0.2) is 29.3 Å². The van der Waals surface area contributed by atoms with E-state index in [-0.39, 0.29) is 5.75 Å².